The van der Waals surface area contributed by atoms with Crippen molar-refractivity contribution >= 4 is 33.8 Å². The fraction of sp³-hybridized carbons (Fsp3) is 0.0435. The summed E-state index contributed by atoms with van der Waals surface area (Å²) in [6.45, 7) is 0. The minimum atomic E-state index is -0.510. The highest BCUT2D eigenvalue weighted by Crippen LogP contribution is 2.21. The highest BCUT2D eigenvalue weighted by molar-refractivity contribution is 9.10. The lowest BCUT2D eigenvalue weighted by Gasteiger charge is -2.08. The Morgan fingerprint density at radius 1 is 0.929 bits per heavy atom. The normalized spacial score (nSPS) is 10.6. The molecule has 140 valence electrons. The van der Waals surface area contributed by atoms with Gasteiger partial charge in [-0.3, -0.25) is 4.79 Å². The SMILES string of the molecule is COc1ccccc1C(=O)Oc1cccc(C=CC(=O)c2ccc(Br)cc2)c1. The Bertz CT molecular complexity index is 1020. The molecule has 28 heavy (non-hydrogen) atoms. The van der Waals surface area contributed by atoms with Crippen LogP contribution < -0.4 is 9.47 Å². The number of para-hydroxylation sites is 1. The van der Waals surface area contributed by atoms with Crippen LogP contribution in [0.15, 0.2) is 83.3 Å². The Balaban J connectivity index is 1.72. The molecule has 0 N–H and O–H groups in total. The first-order chi connectivity index (χ1) is 13.6. The summed E-state index contributed by atoms with van der Waals surface area (Å²) in [7, 11) is 1.50. The molecule has 0 aromatic heterocycles. The summed E-state index contributed by atoms with van der Waals surface area (Å²) in [4.78, 5) is 24.7. The summed E-state index contributed by atoms with van der Waals surface area (Å²) in [6.07, 6.45) is 3.18. The highest BCUT2D eigenvalue weighted by Gasteiger charge is 2.14. The van der Waals surface area contributed by atoms with Crippen molar-refractivity contribution in [1.29, 1.82) is 0 Å². The van der Waals surface area contributed by atoms with Gasteiger partial charge in [0.2, 0.25) is 0 Å². The van der Waals surface area contributed by atoms with Gasteiger partial charge in [-0.1, -0.05) is 46.3 Å². The monoisotopic (exact) mass is 436 g/mol. The van der Waals surface area contributed by atoms with E-state index in [1.807, 2.05) is 18.2 Å². The summed E-state index contributed by atoms with van der Waals surface area (Å²) >= 11 is 3.35. The molecule has 0 bridgehead atoms. The first-order valence-electron chi connectivity index (χ1n) is 8.50. The van der Waals surface area contributed by atoms with E-state index in [4.69, 9.17) is 9.47 Å². The van der Waals surface area contributed by atoms with Gasteiger partial charge in [-0.05, 0) is 60.2 Å². The quantitative estimate of drug-likeness (QED) is 0.219. The van der Waals surface area contributed by atoms with Crippen LogP contribution >= 0.6 is 15.9 Å². The average molecular weight is 437 g/mol. The van der Waals surface area contributed by atoms with Gasteiger partial charge in [0.25, 0.3) is 0 Å². The van der Waals surface area contributed by atoms with Crippen molar-refractivity contribution in [3.63, 3.8) is 0 Å². The van der Waals surface area contributed by atoms with Crippen LogP contribution in [0.5, 0.6) is 11.5 Å². The third-order valence-electron chi connectivity index (χ3n) is 3.95. The zero-order chi connectivity index (χ0) is 19.9. The lowest BCUT2D eigenvalue weighted by Crippen LogP contribution is -2.10. The summed E-state index contributed by atoms with van der Waals surface area (Å²) in [5.41, 5.74) is 1.69. The van der Waals surface area contributed by atoms with E-state index < -0.39 is 5.97 Å². The number of ketones is 1. The second-order valence-corrected chi connectivity index (χ2v) is 6.78. The molecule has 0 fully saturated rings. The van der Waals surface area contributed by atoms with Gasteiger partial charge in [-0.15, -0.1) is 0 Å². The van der Waals surface area contributed by atoms with Crippen LogP contribution in [0.4, 0.5) is 0 Å². The molecule has 0 atom stereocenters. The second kappa shape index (κ2) is 9.15. The van der Waals surface area contributed by atoms with Crippen LogP contribution in [-0.2, 0) is 0 Å². The Morgan fingerprint density at radius 3 is 2.43 bits per heavy atom. The lowest BCUT2D eigenvalue weighted by molar-refractivity contribution is 0.0731. The smallest absolute Gasteiger partial charge is 0.347 e. The van der Waals surface area contributed by atoms with Crippen molar-refractivity contribution in [2.75, 3.05) is 7.11 Å². The minimum absolute atomic E-state index is 0.107. The van der Waals surface area contributed by atoms with E-state index in [1.54, 1.807) is 60.7 Å². The Hall–Kier alpha value is -3.18. The van der Waals surface area contributed by atoms with Gasteiger partial charge in [0.1, 0.15) is 17.1 Å². The molecule has 0 aliphatic heterocycles. The maximum Gasteiger partial charge on any atom is 0.347 e. The lowest BCUT2D eigenvalue weighted by atomic mass is 10.1. The molecule has 0 saturated heterocycles. The number of benzene rings is 3. The molecule has 0 heterocycles. The minimum Gasteiger partial charge on any atom is -0.496 e. The molecule has 0 saturated carbocycles. The van der Waals surface area contributed by atoms with Crippen LogP contribution in [0.3, 0.4) is 0 Å². The molecule has 0 aliphatic rings. The maximum absolute atomic E-state index is 12.4. The number of halogens is 1. The Labute approximate surface area is 171 Å². The number of carbonyl (C=O) groups excluding carboxylic acids is 2. The predicted octanol–water partition coefficient (Wildman–Crippen LogP) is 5.57. The summed E-state index contributed by atoms with van der Waals surface area (Å²) in [5, 5.41) is 0. The van der Waals surface area contributed by atoms with Gasteiger partial charge in [0.15, 0.2) is 5.78 Å². The molecule has 0 amide bonds. The Kier molecular flexibility index (Phi) is 6.40. The summed E-state index contributed by atoms with van der Waals surface area (Å²) in [5.74, 6) is 0.214. The molecule has 5 heteroatoms. The number of rotatable bonds is 6. The van der Waals surface area contributed by atoms with Crippen molar-refractivity contribution < 1.29 is 19.1 Å². The molecule has 0 aliphatic carbocycles. The second-order valence-electron chi connectivity index (χ2n) is 5.87. The summed E-state index contributed by atoms with van der Waals surface area (Å²) in [6, 6.07) is 21.0. The number of hydrogen-bond acceptors (Lipinski definition) is 4. The van der Waals surface area contributed by atoms with E-state index in [1.165, 1.54) is 13.2 Å². The van der Waals surface area contributed by atoms with Gasteiger partial charge in [0.05, 0.1) is 7.11 Å². The van der Waals surface area contributed by atoms with Crippen molar-refractivity contribution in [1.82, 2.24) is 0 Å². The highest BCUT2D eigenvalue weighted by atomic mass is 79.9. The van der Waals surface area contributed by atoms with E-state index in [-0.39, 0.29) is 5.78 Å². The summed E-state index contributed by atoms with van der Waals surface area (Å²) < 4.78 is 11.5. The number of esters is 1. The van der Waals surface area contributed by atoms with Gasteiger partial charge in [0, 0.05) is 10.0 Å². The molecule has 3 rings (SSSR count). The fourth-order valence-electron chi connectivity index (χ4n) is 2.54. The topological polar surface area (TPSA) is 52.6 Å². The van der Waals surface area contributed by atoms with Crippen LogP contribution in [-0.4, -0.2) is 18.9 Å². The zero-order valence-electron chi connectivity index (χ0n) is 15.1. The number of hydrogen-bond donors (Lipinski definition) is 0. The van der Waals surface area contributed by atoms with Crippen LogP contribution in [0.1, 0.15) is 26.3 Å². The molecular weight excluding hydrogens is 420 g/mol. The zero-order valence-corrected chi connectivity index (χ0v) is 16.7. The van der Waals surface area contributed by atoms with E-state index in [2.05, 4.69) is 15.9 Å². The molecule has 3 aromatic rings. The molecule has 4 nitrogen and oxygen atoms in total. The molecule has 0 spiro atoms. The van der Waals surface area contributed by atoms with Crippen molar-refractivity contribution in [3.8, 4) is 11.5 Å². The standard InChI is InChI=1S/C23H17BrO4/c1-27-22-8-3-2-7-20(22)23(26)28-19-6-4-5-16(15-19)9-14-21(25)17-10-12-18(24)13-11-17/h2-15H,1H3. The first kappa shape index (κ1) is 19.6. The van der Waals surface area contributed by atoms with Crippen molar-refractivity contribution in [2.24, 2.45) is 0 Å². The van der Waals surface area contributed by atoms with Gasteiger partial charge < -0.3 is 9.47 Å². The molecule has 3 aromatic carbocycles. The van der Waals surface area contributed by atoms with E-state index in [9.17, 15) is 9.59 Å². The number of allylic oxidation sites excluding steroid dienone is 1. The number of methoxy groups -OCH3 is 1. The van der Waals surface area contributed by atoms with Crippen LogP contribution in [0, 0.1) is 0 Å². The van der Waals surface area contributed by atoms with Gasteiger partial charge in [-0.2, -0.15) is 0 Å². The molecule has 0 unspecified atom stereocenters. The Morgan fingerprint density at radius 2 is 1.68 bits per heavy atom. The van der Waals surface area contributed by atoms with Gasteiger partial charge >= 0.3 is 5.97 Å². The molecular formula is C23H17BrO4. The van der Waals surface area contributed by atoms with Gasteiger partial charge in [-0.25, -0.2) is 4.79 Å². The third-order valence-corrected chi connectivity index (χ3v) is 4.48. The maximum atomic E-state index is 12.4. The van der Waals surface area contributed by atoms with Crippen LogP contribution in [0.2, 0.25) is 0 Å². The first-order valence-corrected chi connectivity index (χ1v) is 9.29. The fourth-order valence-corrected chi connectivity index (χ4v) is 2.80. The van der Waals surface area contributed by atoms with E-state index >= 15 is 0 Å². The molecule has 0 radical (unpaired) electrons. The van der Waals surface area contributed by atoms with Crippen molar-refractivity contribution in [2.45, 2.75) is 0 Å². The van der Waals surface area contributed by atoms with Crippen molar-refractivity contribution in [3.05, 3.63) is 100 Å². The number of carbonyl (C=O) groups is 2. The van der Waals surface area contributed by atoms with Crippen LogP contribution in [0.25, 0.3) is 6.08 Å². The average Bonchev–Trinajstić information content (AvgIpc) is 2.72. The third kappa shape index (κ3) is 4.96. The van der Waals surface area contributed by atoms with E-state index in [0.717, 1.165) is 10.0 Å². The number of ether oxygens (including phenoxy) is 2. The van der Waals surface area contributed by atoms with E-state index in [0.29, 0.717) is 22.6 Å². The predicted molar refractivity (Wildman–Crippen MR) is 112 cm³/mol. The largest absolute Gasteiger partial charge is 0.496 e.